The van der Waals surface area contributed by atoms with Crippen LogP contribution >= 0.6 is 0 Å². The van der Waals surface area contributed by atoms with Crippen LogP contribution in [0.2, 0.25) is 0 Å². The minimum atomic E-state index is -1.06. The van der Waals surface area contributed by atoms with Gasteiger partial charge in [0.1, 0.15) is 11.7 Å². The highest BCUT2D eigenvalue weighted by molar-refractivity contribution is 6.05. The lowest BCUT2D eigenvalue weighted by Gasteiger charge is -2.35. The molecular weight excluding hydrogens is 346 g/mol. The first-order valence-corrected chi connectivity index (χ1v) is 9.17. The average Bonchev–Trinajstić information content (AvgIpc) is 3.28. The Balaban J connectivity index is 2.05. The summed E-state index contributed by atoms with van der Waals surface area (Å²) in [4.78, 5) is 25.0. The molecule has 3 rings (SSSR count). The van der Waals surface area contributed by atoms with Gasteiger partial charge in [0.05, 0.1) is 31.4 Å². The van der Waals surface area contributed by atoms with E-state index in [0.29, 0.717) is 0 Å². The number of unbranched alkanes of at least 4 members (excludes halogenated alkanes) is 1. The predicted octanol–water partition coefficient (Wildman–Crippen LogP) is 3.01. The van der Waals surface area contributed by atoms with Crippen molar-refractivity contribution < 1.29 is 23.8 Å². The Bertz CT molecular complexity index is 770. The number of anilines is 1. The topological polar surface area (TPSA) is 73.9 Å². The Morgan fingerprint density at radius 2 is 1.89 bits per heavy atom. The standard InChI is InChI=1S/C21H25NO5/c1-4-5-11-16(22-14-9-7-6-8-10-14)21-13-12-15(27-21)17(19(23)25-2)18(21)20(24)26-3/h6-10,12-13,15-16,22H,4-5,11H2,1-3H3. The zero-order valence-electron chi connectivity index (χ0n) is 15.9. The first-order chi connectivity index (χ1) is 13.1. The fraction of sp³-hybridized carbons (Fsp3) is 0.429. The van der Waals surface area contributed by atoms with Gasteiger partial charge in [0.25, 0.3) is 0 Å². The molecule has 0 radical (unpaired) electrons. The monoisotopic (exact) mass is 371 g/mol. The number of hydrogen-bond acceptors (Lipinski definition) is 6. The van der Waals surface area contributed by atoms with Gasteiger partial charge in [-0.1, -0.05) is 44.0 Å². The van der Waals surface area contributed by atoms with Gasteiger partial charge < -0.3 is 19.5 Å². The summed E-state index contributed by atoms with van der Waals surface area (Å²) in [6.45, 7) is 2.11. The highest BCUT2D eigenvalue weighted by Gasteiger charge is 2.58. The molecule has 1 N–H and O–H groups in total. The highest BCUT2D eigenvalue weighted by atomic mass is 16.6. The smallest absolute Gasteiger partial charge is 0.337 e. The fourth-order valence-electron chi connectivity index (χ4n) is 3.78. The molecule has 0 aliphatic carbocycles. The number of fused-ring (bicyclic) bond motifs is 2. The zero-order valence-corrected chi connectivity index (χ0v) is 15.9. The summed E-state index contributed by atoms with van der Waals surface area (Å²) in [6.07, 6.45) is 5.77. The molecule has 27 heavy (non-hydrogen) atoms. The van der Waals surface area contributed by atoms with E-state index >= 15 is 0 Å². The lowest BCUT2D eigenvalue weighted by atomic mass is 9.79. The van der Waals surface area contributed by atoms with Crippen molar-refractivity contribution in [1.29, 1.82) is 0 Å². The molecule has 2 bridgehead atoms. The fourth-order valence-corrected chi connectivity index (χ4v) is 3.78. The van der Waals surface area contributed by atoms with Gasteiger partial charge in [-0.25, -0.2) is 9.59 Å². The van der Waals surface area contributed by atoms with Gasteiger partial charge in [0.15, 0.2) is 0 Å². The minimum absolute atomic E-state index is 0.225. The molecule has 0 saturated carbocycles. The first kappa shape index (κ1) is 19.2. The maximum absolute atomic E-state index is 12.6. The van der Waals surface area contributed by atoms with E-state index in [2.05, 4.69) is 12.2 Å². The van der Waals surface area contributed by atoms with E-state index in [1.165, 1.54) is 14.2 Å². The summed E-state index contributed by atoms with van der Waals surface area (Å²) in [7, 11) is 2.60. The second-order valence-electron chi connectivity index (χ2n) is 6.67. The van der Waals surface area contributed by atoms with Crippen molar-refractivity contribution in [3.05, 3.63) is 53.6 Å². The summed E-state index contributed by atoms with van der Waals surface area (Å²) in [5, 5.41) is 3.49. The molecule has 144 valence electrons. The van der Waals surface area contributed by atoms with Crippen LogP contribution in [0.25, 0.3) is 0 Å². The number of carbonyl (C=O) groups excluding carboxylic acids is 2. The molecule has 6 nitrogen and oxygen atoms in total. The van der Waals surface area contributed by atoms with Gasteiger partial charge in [-0.05, 0) is 24.6 Å². The van der Waals surface area contributed by atoms with E-state index in [-0.39, 0.29) is 17.2 Å². The van der Waals surface area contributed by atoms with Gasteiger partial charge >= 0.3 is 11.9 Å². The summed E-state index contributed by atoms with van der Waals surface area (Å²) in [6, 6.07) is 9.51. The number of hydrogen-bond donors (Lipinski definition) is 1. The van der Waals surface area contributed by atoms with Gasteiger partial charge in [-0.15, -0.1) is 0 Å². The molecule has 1 aromatic carbocycles. The van der Waals surface area contributed by atoms with Crippen LogP contribution in [-0.4, -0.2) is 43.9 Å². The molecule has 0 amide bonds. The molecule has 2 aliphatic heterocycles. The van der Waals surface area contributed by atoms with E-state index in [9.17, 15) is 9.59 Å². The SMILES string of the molecule is CCCCC(Nc1ccccc1)C12C=CC(O1)C(C(=O)OC)=C2C(=O)OC. The van der Waals surface area contributed by atoms with E-state index in [0.717, 1.165) is 24.9 Å². The molecule has 0 saturated heterocycles. The van der Waals surface area contributed by atoms with Crippen LogP contribution in [0.1, 0.15) is 26.2 Å². The van der Waals surface area contributed by atoms with Crippen molar-refractivity contribution in [3.8, 4) is 0 Å². The van der Waals surface area contributed by atoms with Crippen molar-refractivity contribution in [3.63, 3.8) is 0 Å². The molecule has 0 spiro atoms. The molecule has 2 aliphatic rings. The maximum Gasteiger partial charge on any atom is 0.337 e. The minimum Gasteiger partial charge on any atom is -0.466 e. The van der Waals surface area contributed by atoms with Crippen LogP contribution in [0.4, 0.5) is 5.69 Å². The van der Waals surface area contributed by atoms with Gasteiger partial charge in [-0.3, -0.25) is 0 Å². The molecule has 0 aromatic heterocycles. The summed E-state index contributed by atoms with van der Waals surface area (Å²) < 4.78 is 16.1. The number of ether oxygens (including phenoxy) is 3. The third kappa shape index (κ3) is 3.37. The Labute approximate surface area is 159 Å². The molecule has 6 heteroatoms. The number of para-hydroxylation sites is 1. The van der Waals surface area contributed by atoms with Crippen LogP contribution in [0, 0.1) is 0 Å². The Kier molecular flexibility index (Phi) is 5.65. The maximum atomic E-state index is 12.6. The predicted molar refractivity (Wildman–Crippen MR) is 101 cm³/mol. The number of benzene rings is 1. The molecule has 2 heterocycles. The quantitative estimate of drug-likeness (QED) is 0.559. The normalized spacial score (nSPS) is 24.0. The number of carbonyl (C=O) groups is 2. The first-order valence-electron chi connectivity index (χ1n) is 9.17. The molecule has 3 unspecified atom stereocenters. The second-order valence-corrected chi connectivity index (χ2v) is 6.67. The van der Waals surface area contributed by atoms with Crippen LogP contribution in [0.3, 0.4) is 0 Å². The number of methoxy groups -OCH3 is 2. The Hall–Kier alpha value is -2.60. The van der Waals surface area contributed by atoms with Gasteiger partial charge in [0.2, 0.25) is 0 Å². The van der Waals surface area contributed by atoms with Crippen LogP contribution < -0.4 is 5.32 Å². The lowest BCUT2D eigenvalue weighted by molar-refractivity contribution is -0.139. The van der Waals surface area contributed by atoms with E-state index in [1.54, 1.807) is 0 Å². The summed E-state index contributed by atoms with van der Waals surface area (Å²) in [5.41, 5.74) is 0.313. The van der Waals surface area contributed by atoms with E-state index in [4.69, 9.17) is 14.2 Å². The molecule has 3 atom stereocenters. The number of esters is 2. The number of rotatable bonds is 8. The van der Waals surface area contributed by atoms with Crippen molar-refractivity contribution in [2.24, 2.45) is 0 Å². The van der Waals surface area contributed by atoms with Crippen LogP contribution in [0.15, 0.2) is 53.6 Å². The third-order valence-electron chi connectivity index (χ3n) is 5.06. The van der Waals surface area contributed by atoms with Crippen LogP contribution in [0.5, 0.6) is 0 Å². The zero-order chi connectivity index (χ0) is 19.4. The molecular formula is C21H25NO5. The van der Waals surface area contributed by atoms with Crippen molar-refractivity contribution in [1.82, 2.24) is 0 Å². The van der Waals surface area contributed by atoms with Crippen molar-refractivity contribution in [2.45, 2.75) is 43.9 Å². The number of nitrogens with one attached hydrogen (secondary N) is 1. The van der Waals surface area contributed by atoms with E-state index in [1.807, 2.05) is 42.5 Å². The summed E-state index contributed by atoms with van der Waals surface area (Å²) >= 11 is 0. The molecule has 1 aromatic rings. The van der Waals surface area contributed by atoms with Crippen molar-refractivity contribution in [2.75, 3.05) is 19.5 Å². The Morgan fingerprint density at radius 3 is 2.52 bits per heavy atom. The Morgan fingerprint density at radius 1 is 1.19 bits per heavy atom. The largest absolute Gasteiger partial charge is 0.466 e. The van der Waals surface area contributed by atoms with Gasteiger partial charge in [-0.2, -0.15) is 0 Å². The highest BCUT2D eigenvalue weighted by Crippen LogP contribution is 2.47. The van der Waals surface area contributed by atoms with Crippen LogP contribution in [-0.2, 0) is 23.8 Å². The van der Waals surface area contributed by atoms with Gasteiger partial charge in [0, 0.05) is 5.69 Å². The second kappa shape index (κ2) is 7.96. The molecule has 0 fully saturated rings. The average molecular weight is 371 g/mol. The van der Waals surface area contributed by atoms with Crippen molar-refractivity contribution >= 4 is 17.6 Å². The van der Waals surface area contributed by atoms with E-state index < -0.39 is 23.6 Å². The summed E-state index contributed by atoms with van der Waals surface area (Å²) in [5.74, 6) is -1.14. The lowest BCUT2D eigenvalue weighted by Crippen LogP contribution is -2.48. The third-order valence-corrected chi connectivity index (χ3v) is 5.06.